The van der Waals surface area contributed by atoms with E-state index in [0.29, 0.717) is 0 Å². The SMILES string of the molecule is NCC(CC(F)(F)F)CC(F)(F)F. The molecule has 0 atom stereocenters. The summed E-state index contributed by atoms with van der Waals surface area (Å²) in [4.78, 5) is 0. The summed E-state index contributed by atoms with van der Waals surface area (Å²) in [6.07, 6.45) is -12.1. The Morgan fingerprint density at radius 3 is 1.31 bits per heavy atom. The van der Waals surface area contributed by atoms with Crippen LogP contribution in [0.5, 0.6) is 0 Å². The van der Waals surface area contributed by atoms with Crippen LogP contribution in [-0.4, -0.2) is 18.9 Å². The second-order valence-corrected chi connectivity index (χ2v) is 2.74. The maximum atomic E-state index is 11.6. The van der Waals surface area contributed by atoms with Crippen molar-refractivity contribution in [2.24, 2.45) is 11.7 Å². The molecule has 0 spiro atoms. The van der Waals surface area contributed by atoms with Gasteiger partial charge in [0, 0.05) is 12.8 Å². The summed E-state index contributed by atoms with van der Waals surface area (Å²) in [5.41, 5.74) is 4.79. The van der Waals surface area contributed by atoms with E-state index in [1.165, 1.54) is 0 Å². The smallest absolute Gasteiger partial charge is 0.330 e. The molecule has 0 aromatic carbocycles. The molecule has 2 N–H and O–H groups in total. The first kappa shape index (κ1) is 12.5. The first-order valence-electron chi connectivity index (χ1n) is 3.47. The van der Waals surface area contributed by atoms with Gasteiger partial charge in [0.05, 0.1) is 0 Å². The van der Waals surface area contributed by atoms with Crippen molar-refractivity contribution in [2.75, 3.05) is 6.54 Å². The third-order valence-corrected chi connectivity index (χ3v) is 1.37. The molecular weight excluding hydrogens is 200 g/mol. The van der Waals surface area contributed by atoms with Crippen LogP contribution in [0.2, 0.25) is 0 Å². The van der Waals surface area contributed by atoms with E-state index in [9.17, 15) is 26.3 Å². The Morgan fingerprint density at radius 1 is 0.846 bits per heavy atom. The van der Waals surface area contributed by atoms with E-state index in [1.54, 1.807) is 0 Å². The fourth-order valence-corrected chi connectivity index (χ4v) is 0.893. The lowest BCUT2D eigenvalue weighted by Crippen LogP contribution is -2.27. The van der Waals surface area contributed by atoms with E-state index in [0.717, 1.165) is 0 Å². The molecule has 0 aromatic heterocycles. The Morgan fingerprint density at radius 2 is 1.15 bits per heavy atom. The zero-order valence-corrected chi connectivity index (χ0v) is 6.54. The molecule has 0 aliphatic rings. The van der Waals surface area contributed by atoms with Gasteiger partial charge in [0.25, 0.3) is 0 Å². The fraction of sp³-hybridized carbons (Fsp3) is 1.00. The lowest BCUT2D eigenvalue weighted by molar-refractivity contribution is -0.171. The van der Waals surface area contributed by atoms with Crippen LogP contribution in [0.1, 0.15) is 12.8 Å². The molecule has 0 amide bonds. The summed E-state index contributed by atoms with van der Waals surface area (Å²) in [7, 11) is 0. The number of hydrogen-bond donors (Lipinski definition) is 1. The van der Waals surface area contributed by atoms with E-state index in [-0.39, 0.29) is 0 Å². The molecule has 80 valence electrons. The van der Waals surface area contributed by atoms with E-state index in [2.05, 4.69) is 0 Å². The largest absolute Gasteiger partial charge is 0.389 e. The molecule has 0 saturated heterocycles. The Labute approximate surface area is 70.9 Å². The Balaban J connectivity index is 4.05. The van der Waals surface area contributed by atoms with Gasteiger partial charge in [0.15, 0.2) is 0 Å². The highest BCUT2D eigenvalue weighted by atomic mass is 19.4. The molecule has 0 aliphatic heterocycles. The van der Waals surface area contributed by atoms with E-state index in [1.807, 2.05) is 0 Å². The predicted octanol–water partition coefficient (Wildman–Crippen LogP) is 2.47. The van der Waals surface area contributed by atoms with Crippen LogP contribution in [0, 0.1) is 5.92 Å². The molecule has 0 bridgehead atoms. The normalized spacial score (nSPS) is 13.8. The summed E-state index contributed by atoms with van der Waals surface area (Å²) in [6.45, 7) is -0.612. The molecule has 0 aromatic rings. The van der Waals surface area contributed by atoms with Gasteiger partial charge in [0.2, 0.25) is 0 Å². The second kappa shape index (κ2) is 4.17. The number of rotatable bonds is 3. The number of halogens is 6. The van der Waals surface area contributed by atoms with E-state index >= 15 is 0 Å². The van der Waals surface area contributed by atoms with E-state index in [4.69, 9.17) is 5.73 Å². The number of alkyl halides is 6. The van der Waals surface area contributed by atoms with Gasteiger partial charge in [-0.25, -0.2) is 0 Å². The van der Waals surface area contributed by atoms with Crippen LogP contribution in [0.4, 0.5) is 26.3 Å². The van der Waals surface area contributed by atoms with Crippen molar-refractivity contribution in [3.63, 3.8) is 0 Å². The zero-order valence-electron chi connectivity index (χ0n) is 6.54. The number of nitrogens with two attached hydrogens (primary N) is 1. The van der Waals surface area contributed by atoms with Gasteiger partial charge in [-0.2, -0.15) is 26.3 Å². The summed E-state index contributed by atoms with van der Waals surface area (Å²) >= 11 is 0. The Kier molecular flexibility index (Phi) is 4.02. The van der Waals surface area contributed by atoms with Crippen molar-refractivity contribution in [2.45, 2.75) is 25.2 Å². The third-order valence-electron chi connectivity index (χ3n) is 1.37. The molecule has 0 fully saturated rings. The van der Waals surface area contributed by atoms with Crippen LogP contribution in [0.25, 0.3) is 0 Å². The van der Waals surface area contributed by atoms with Crippen molar-refractivity contribution in [3.8, 4) is 0 Å². The van der Waals surface area contributed by atoms with Crippen molar-refractivity contribution < 1.29 is 26.3 Å². The average Bonchev–Trinajstić information content (AvgIpc) is 1.79. The first-order chi connectivity index (χ1) is 5.64. The molecule has 13 heavy (non-hydrogen) atoms. The second-order valence-electron chi connectivity index (χ2n) is 2.74. The van der Waals surface area contributed by atoms with Gasteiger partial charge in [-0.3, -0.25) is 0 Å². The third kappa shape index (κ3) is 7.89. The maximum Gasteiger partial charge on any atom is 0.389 e. The van der Waals surface area contributed by atoms with Crippen LogP contribution in [-0.2, 0) is 0 Å². The average molecular weight is 209 g/mol. The molecule has 0 unspecified atom stereocenters. The van der Waals surface area contributed by atoms with Gasteiger partial charge in [-0.05, 0) is 12.5 Å². The molecule has 7 heteroatoms. The van der Waals surface area contributed by atoms with Gasteiger partial charge in [-0.1, -0.05) is 0 Å². The summed E-state index contributed by atoms with van der Waals surface area (Å²) in [6, 6.07) is 0. The fourth-order valence-electron chi connectivity index (χ4n) is 0.893. The lowest BCUT2D eigenvalue weighted by atomic mass is 10.0. The number of hydrogen-bond acceptors (Lipinski definition) is 1. The highest BCUT2D eigenvalue weighted by molar-refractivity contribution is 4.68. The van der Waals surface area contributed by atoms with Gasteiger partial charge in [-0.15, -0.1) is 0 Å². The standard InChI is InChI=1S/C6H9F6N/c7-5(8,9)1-4(3-13)2-6(10,11)12/h4H,1-3,13H2. The zero-order chi connectivity index (χ0) is 10.7. The van der Waals surface area contributed by atoms with E-state index < -0.39 is 37.7 Å². The molecule has 0 radical (unpaired) electrons. The molecule has 0 rings (SSSR count). The quantitative estimate of drug-likeness (QED) is 0.710. The van der Waals surface area contributed by atoms with Crippen LogP contribution >= 0.6 is 0 Å². The van der Waals surface area contributed by atoms with Crippen LogP contribution in [0.15, 0.2) is 0 Å². The predicted molar refractivity (Wildman–Crippen MR) is 33.9 cm³/mol. The van der Waals surface area contributed by atoms with Crippen molar-refractivity contribution in [1.82, 2.24) is 0 Å². The Hall–Kier alpha value is -0.460. The maximum absolute atomic E-state index is 11.6. The minimum absolute atomic E-state index is 0.612. The van der Waals surface area contributed by atoms with Crippen molar-refractivity contribution >= 4 is 0 Å². The summed E-state index contributed by atoms with van der Waals surface area (Å²) < 4.78 is 69.9. The Bertz CT molecular complexity index is 132. The van der Waals surface area contributed by atoms with Crippen LogP contribution in [0.3, 0.4) is 0 Å². The lowest BCUT2D eigenvalue weighted by Gasteiger charge is -2.17. The minimum atomic E-state index is -4.59. The van der Waals surface area contributed by atoms with Crippen LogP contribution < -0.4 is 5.73 Å². The summed E-state index contributed by atoms with van der Waals surface area (Å²) in [5, 5.41) is 0. The van der Waals surface area contributed by atoms with Crippen molar-refractivity contribution in [3.05, 3.63) is 0 Å². The highest BCUT2D eigenvalue weighted by Crippen LogP contribution is 2.32. The molecular formula is C6H9F6N. The molecule has 1 nitrogen and oxygen atoms in total. The van der Waals surface area contributed by atoms with Gasteiger partial charge < -0.3 is 5.73 Å². The first-order valence-corrected chi connectivity index (χ1v) is 3.47. The van der Waals surface area contributed by atoms with Crippen molar-refractivity contribution in [1.29, 1.82) is 0 Å². The minimum Gasteiger partial charge on any atom is -0.330 e. The molecule has 0 saturated carbocycles. The van der Waals surface area contributed by atoms with Gasteiger partial charge >= 0.3 is 12.4 Å². The topological polar surface area (TPSA) is 26.0 Å². The summed E-state index contributed by atoms with van der Waals surface area (Å²) in [5.74, 6) is -1.57. The molecule has 0 heterocycles. The monoisotopic (exact) mass is 209 g/mol. The van der Waals surface area contributed by atoms with Gasteiger partial charge in [0.1, 0.15) is 0 Å². The highest BCUT2D eigenvalue weighted by Gasteiger charge is 2.37. The molecule has 0 aliphatic carbocycles.